The van der Waals surface area contributed by atoms with Crippen LogP contribution in [0.3, 0.4) is 0 Å². The molecule has 1 heterocycles. The highest BCUT2D eigenvalue weighted by atomic mass is 16.5. The van der Waals surface area contributed by atoms with Gasteiger partial charge in [0.15, 0.2) is 5.76 Å². The average Bonchev–Trinajstić information content (AvgIpc) is 2.31. The van der Waals surface area contributed by atoms with Crippen molar-refractivity contribution in [1.82, 2.24) is 5.16 Å². The van der Waals surface area contributed by atoms with Crippen LogP contribution in [0.2, 0.25) is 0 Å². The molecule has 0 amide bonds. The van der Waals surface area contributed by atoms with Gasteiger partial charge in [-0.15, -0.1) is 0 Å². The predicted octanol–water partition coefficient (Wildman–Crippen LogP) is 2.05. The van der Waals surface area contributed by atoms with Crippen molar-refractivity contribution in [3.63, 3.8) is 0 Å². The van der Waals surface area contributed by atoms with Gasteiger partial charge in [0.25, 0.3) is 0 Å². The van der Waals surface area contributed by atoms with Crippen molar-refractivity contribution >= 4 is 5.69 Å². The smallest absolute Gasteiger partial charge is 0.156 e. The first-order valence-corrected chi connectivity index (χ1v) is 3.85. The van der Waals surface area contributed by atoms with Crippen molar-refractivity contribution < 1.29 is 4.52 Å². The van der Waals surface area contributed by atoms with Gasteiger partial charge in [-0.25, -0.2) is 0 Å². The molecule has 0 saturated carbocycles. The first-order valence-electron chi connectivity index (χ1n) is 3.85. The molecule has 3 heteroatoms. The minimum absolute atomic E-state index is 0.643. The van der Waals surface area contributed by atoms with Crippen molar-refractivity contribution in [2.24, 2.45) is 5.92 Å². The maximum atomic E-state index is 4.88. The van der Waals surface area contributed by atoms with E-state index in [1.54, 1.807) is 6.20 Å². The van der Waals surface area contributed by atoms with Gasteiger partial charge in [0.1, 0.15) is 0 Å². The summed E-state index contributed by atoms with van der Waals surface area (Å²) in [7, 11) is 0. The van der Waals surface area contributed by atoms with Crippen LogP contribution in [0, 0.1) is 12.8 Å². The number of nitrogens with zero attached hydrogens (tertiary/aromatic N) is 1. The van der Waals surface area contributed by atoms with Crippen molar-refractivity contribution in [3.05, 3.63) is 12.0 Å². The number of nitrogens with one attached hydrogen (secondary N) is 1. The summed E-state index contributed by atoms with van der Waals surface area (Å²) in [6.07, 6.45) is 1.71. The molecule has 0 aliphatic rings. The SMILES string of the molecule is Cc1oncc1NCC(C)C. The lowest BCUT2D eigenvalue weighted by Gasteiger charge is -2.05. The molecule has 3 nitrogen and oxygen atoms in total. The molecule has 0 radical (unpaired) electrons. The summed E-state index contributed by atoms with van der Waals surface area (Å²) >= 11 is 0. The molecule has 1 aromatic heterocycles. The van der Waals surface area contributed by atoms with Gasteiger partial charge in [0.05, 0.1) is 11.9 Å². The molecule has 0 unspecified atom stereocenters. The molecule has 62 valence electrons. The van der Waals surface area contributed by atoms with Gasteiger partial charge in [-0.3, -0.25) is 0 Å². The lowest BCUT2D eigenvalue weighted by Crippen LogP contribution is -2.07. The molecule has 0 fully saturated rings. The van der Waals surface area contributed by atoms with E-state index in [4.69, 9.17) is 4.52 Å². The minimum atomic E-state index is 0.643. The molecule has 0 saturated heterocycles. The Morgan fingerprint density at radius 3 is 2.82 bits per heavy atom. The van der Waals surface area contributed by atoms with Gasteiger partial charge in [-0.1, -0.05) is 19.0 Å². The standard InChI is InChI=1S/C8H14N2O/c1-6(2)4-9-8-5-10-11-7(8)3/h5-6,9H,4H2,1-3H3. The normalized spacial score (nSPS) is 10.5. The maximum Gasteiger partial charge on any atom is 0.156 e. The van der Waals surface area contributed by atoms with Crippen molar-refractivity contribution in [1.29, 1.82) is 0 Å². The second kappa shape index (κ2) is 3.42. The first-order chi connectivity index (χ1) is 5.20. The van der Waals surface area contributed by atoms with Crippen LogP contribution in [0.5, 0.6) is 0 Å². The number of hydrogen-bond donors (Lipinski definition) is 1. The molecule has 11 heavy (non-hydrogen) atoms. The van der Waals surface area contributed by atoms with Gasteiger partial charge in [-0.2, -0.15) is 0 Å². The Hall–Kier alpha value is -0.990. The van der Waals surface area contributed by atoms with E-state index in [-0.39, 0.29) is 0 Å². The molecular formula is C8H14N2O. The Labute approximate surface area is 66.8 Å². The first kappa shape index (κ1) is 8.11. The Balaban J connectivity index is 2.44. The molecular weight excluding hydrogens is 140 g/mol. The van der Waals surface area contributed by atoms with Crippen LogP contribution >= 0.6 is 0 Å². The largest absolute Gasteiger partial charge is 0.381 e. The topological polar surface area (TPSA) is 38.1 Å². The fraction of sp³-hybridized carbons (Fsp3) is 0.625. The maximum absolute atomic E-state index is 4.88. The molecule has 1 aromatic rings. The fourth-order valence-corrected chi connectivity index (χ4v) is 0.782. The zero-order valence-corrected chi connectivity index (χ0v) is 7.22. The van der Waals surface area contributed by atoms with Crippen LogP contribution in [-0.2, 0) is 0 Å². The van der Waals surface area contributed by atoms with Crippen LogP contribution in [0.4, 0.5) is 5.69 Å². The average molecular weight is 154 g/mol. The van der Waals surface area contributed by atoms with Gasteiger partial charge in [0, 0.05) is 6.54 Å². The molecule has 1 rings (SSSR count). The number of aryl methyl sites for hydroxylation is 1. The van der Waals surface area contributed by atoms with Crippen LogP contribution < -0.4 is 5.32 Å². The molecule has 1 N–H and O–H groups in total. The third-order valence-corrected chi connectivity index (χ3v) is 1.45. The van der Waals surface area contributed by atoms with Crippen molar-refractivity contribution in [2.45, 2.75) is 20.8 Å². The Kier molecular flexibility index (Phi) is 2.52. The Bertz CT molecular complexity index is 218. The second-order valence-electron chi connectivity index (χ2n) is 3.07. The lowest BCUT2D eigenvalue weighted by molar-refractivity contribution is 0.398. The predicted molar refractivity (Wildman–Crippen MR) is 44.6 cm³/mol. The molecule has 0 atom stereocenters. The highest BCUT2D eigenvalue weighted by Gasteiger charge is 2.01. The van der Waals surface area contributed by atoms with Gasteiger partial charge in [0.2, 0.25) is 0 Å². The van der Waals surface area contributed by atoms with E-state index in [2.05, 4.69) is 24.3 Å². The summed E-state index contributed by atoms with van der Waals surface area (Å²) in [4.78, 5) is 0. The number of anilines is 1. The van der Waals surface area contributed by atoms with Crippen LogP contribution in [0.15, 0.2) is 10.7 Å². The third-order valence-electron chi connectivity index (χ3n) is 1.45. The van der Waals surface area contributed by atoms with E-state index in [1.165, 1.54) is 0 Å². The van der Waals surface area contributed by atoms with E-state index in [0.29, 0.717) is 5.92 Å². The number of rotatable bonds is 3. The highest BCUT2D eigenvalue weighted by molar-refractivity contribution is 5.43. The summed E-state index contributed by atoms with van der Waals surface area (Å²) < 4.78 is 4.88. The van der Waals surface area contributed by atoms with Crippen molar-refractivity contribution in [3.8, 4) is 0 Å². The van der Waals surface area contributed by atoms with Gasteiger partial charge in [-0.05, 0) is 12.8 Å². The third kappa shape index (κ3) is 2.26. The van der Waals surface area contributed by atoms with E-state index in [0.717, 1.165) is 18.0 Å². The summed E-state index contributed by atoms with van der Waals surface area (Å²) in [5, 5.41) is 6.90. The van der Waals surface area contributed by atoms with Crippen LogP contribution in [0.1, 0.15) is 19.6 Å². The molecule has 0 spiro atoms. The summed E-state index contributed by atoms with van der Waals surface area (Å²) in [5.41, 5.74) is 0.999. The highest BCUT2D eigenvalue weighted by Crippen LogP contribution is 2.12. The van der Waals surface area contributed by atoms with E-state index in [9.17, 15) is 0 Å². The van der Waals surface area contributed by atoms with E-state index < -0.39 is 0 Å². The zero-order chi connectivity index (χ0) is 8.27. The Morgan fingerprint density at radius 2 is 2.36 bits per heavy atom. The van der Waals surface area contributed by atoms with Crippen molar-refractivity contribution in [2.75, 3.05) is 11.9 Å². The number of aromatic nitrogens is 1. The fourth-order valence-electron chi connectivity index (χ4n) is 0.782. The quantitative estimate of drug-likeness (QED) is 0.724. The monoisotopic (exact) mass is 154 g/mol. The van der Waals surface area contributed by atoms with E-state index >= 15 is 0 Å². The zero-order valence-electron chi connectivity index (χ0n) is 7.22. The van der Waals surface area contributed by atoms with Gasteiger partial charge >= 0.3 is 0 Å². The molecule has 0 bridgehead atoms. The minimum Gasteiger partial charge on any atom is -0.381 e. The van der Waals surface area contributed by atoms with Crippen LogP contribution in [-0.4, -0.2) is 11.7 Å². The summed E-state index contributed by atoms with van der Waals surface area (Å²) in [5.74, 6) is 1.50. The molecule has 0 aliphatic carbocycles. The Morgan fingerprint density at radius 1 is 1.64 bits per heavy atom. The molecule has 0 aromatic carbocycles. The van der Waals surface area contributed by atoms with Crippen LogP contribution in [0.25, 0.3) is 0 Å². The second-order valence-corrected chi connectivity index (χ2v) is 3.07. The summed E-state index contributed by atoms with van der Waals surface area (Å²) in [6, 6.07) is 0. The van der Waals surface area contributed by atoms with Gasteiger partial charge < -0.3 is 9.84 Å². The molecule has 0 aliphatic heterocycles. The lowest BCUT2D eigenvalue weighted by atomic mass is 10.2. The summed E-state index contributed by atoms with van der Waals surface area (Å²) in [6.45, 7) is 7.18. The van der Waals surface area contributed by atoms with E-state index in [1.807, 2.05) is 6.92 Å². The number of hydrogen-bond acceptors (Lipinski definition) is 3.